The van der Waals surface area contributed by atoms with Gasteiger partial charge in [-0.1, -0.05) is 42.5 Å². The molecule has 6 nitrogen and oxygen atoms in total. The molecule has 2 N–H and O–H groups in total. The van der Waals surface area contributed by atoms with Gasteiger partial charge in [-0.05, 0) is 25.8 Å². The van der Waals surface area contributed by atoms with Crippen LogP contribution in [0.2, 0.25) is 0 Å². The second-order valence-electron chi connectivity index (χ2n) is 6.15. The molecule has 1 aliphatic rings. The Kier molecular flexibility index (Phi) is 6.95. The molecule has 0 aliphatic carbocycles. The lowest BCUT2D eigenvalue weighted by Gasteiger charge is -2.28. The first kappa shape index (κ1) is 20.0. The van der Waals surface area contributed by atoms with Crippen molar-refractivity contribution in [2.75, 3.05) is 6.61 Å². The molecule has 1 unspecified atom stereocenters. The van der Waals surface area contributed by atoms with Gasteiger partial charge in [-0.2, -0.15) is 5.26 Å². The van der Waals surface area contributed by atoms with E-state index in [1.165, 1.54) is 0 Å². The number of nitriles is 1. The van der Waals surface area contributed by atoms with E-state index in [0.717, 1.165) is 5.56 Å². The number of carboxylic acids is 1. The minimum atomic E-state index is -1.08. The molecular formula is C21H22N2O4. The van der Waals surface area contributed by atoms with Gasteiger partial charge in [0, 0.05) is 17.3 Å². The number of carboxylic acid groups (broad SMARTS) is 1. The lowest BCUT2D eigenvalue weighted by Crippen LogP contribution is -2.32. The highest BCUT2D eigenvalue weighted by molar-refractivity contribution is 5.97. The highest BCUT2D eigenvalue weighted by atomic mass is 16.5. The van der Waals surface area contributed by atoms with E-state index >= 15 is 0 Å². The summed E-state index contributed by atoms with van der Waals surface area (Å²) in [5.41, 5.74) is 2.49. The third kappa shape index (κ3) is 5.08. The molecule has 140 valence electrons. The minimum Gasteiger partial charge on any atom is -0.478 e. The van der Waals surface area contributed by atoms with Gasteiger partial charge in [-0.3, -0.25) is 0 Å². The quantitative estimate of drug-likeness (QED) is 0.567. The normalized spacial score (nSPS) is 16.9. The summed E-state index contributed by atoms with van der Waals surface area (Å²) in [5.74, 6) is -2.30. The first-order valence-corrected chi connectivity index (χ1v) is 8.63. The van der Waals surface area contributed by atoms with Crippen LogP contribution in [0, 0.1) is 17.2 Å². The molecule has 2 rings (SSSR count). The van der Waals surface area contributed by atoms with Crippen LogP contribution in [0.4, 0.5) is 0 Å². The summed E-state index contributed by atoms with van der Waals surface area (Å²) in [6.07, 6.45) is 4.18. The van der Waals surface area contributed by atoms with Crippen molar-refractivity contribution in [3.8, 4) is 6.07 Å². The number of esters is 1. The van der Waals surface area contributed by atoms with Gasteiger partial charge in [0.25, 0.3) is 0 Å². The number of benzene rings is 1. The van der Waals surface area contributed by atoms with Gasteiger partial charge in [-0.25, -0.2) is 9.59 Å². The molecule has 1 aliphatic heterocycles. The highest BCUT2D eigenvalue weighted by Gasteiger charge is 2.35. The molecule has 0 radical (unpaired) electrons. The number of carbonyl (C=O) groups is 2. The van der Waals surface area contributed by atoms with Gasteiger partial charge in [0.05, 0.1) is 23.6 Å². The molecule has 1 aromatic rings. The van der Waals surface area contributed by atoms with Crippen LogP contribution in [0.25, 0.3) is 6.08 Å². The predicted octanol–water partition coefficient (Wildman–Crippen LogP) is 3.40. The smallest absolute Gasteiger partial charge is 0.336 e. The van der Waals surface area contributed by atoms with Crippen LogP contribution in [-0.2, 0) is 14.3 Å². The van der Waals surface area contributed by atoms with E-state index in [0.29, 0.717) is 17.8 Å². The first-order valence-electron chi connectivity index (χ1n) is 8.63. The van der Waals surface area contributed by atoms with Crippen molar-refractivity contribution in [2.45, 2.75) is 26.7 Å². The van der Waals surface area contributed by atoms with Crippen molar-refractivity contribution < 1.29 is 19.4 Å². The molecule has 0 spiro atoms. The minimum absolute atomic E-state index is 0.0240. The molecule has 0 bridgehead atoms. The SMILES string of the molecule is CC1=C(C(=O)O)C(CC=Cc2ccccc2)C(C(=O)OCCC#N)=C(C)N1. The fourth-order valence-electron chi connectivity index (χ4n) is 3.09. The number of ether oxygens (including phenoxy) is 1. The van der Waals surface area contributed by atoms with Crippen molar-refractivity contribution >= 4 is 18.0 Å². The van der Waals surface area contributed by atoms with E-state index < -0.39 is 17.9 Å². The molecule has 0 fully saturated rings. The Morgan fingerprint density at radius 2 is 1.89 bits per heavy atom. The Morgan fingerprint density at radius 1 is 1.22 bits per heavy atom. The highest BCUT2D eigenvalue weighted by Crippen LogP contribution is 2.33. The standard InChI is InChI=1S/C21H22N2O4/c1-14-18(20(24)25)17(11-6-10-16-8-4-3-5-9-16)19(15(2)23-14)21(26)27-13-7-12-22/h3-6,8-10,17,23H,7,11,13H2,1-2H3,(H,24,25). The molecule has 0 saturated heterocycles. The van der Waals surface area contributed by atoms with E-state index in [1.807, 2.05) is 48.6 Å². The maximum absolute atomic E-state index is 12.5. The molecule has 0 aromatic heterocycles. The van der Waals surface area contributed by atoms with Crippen molar-refractivity contribution in [2.24, 2.45) is 5.92 Å². The van der Waals surface area contributed by atoms with Gasteiger partial charge in [0.1, 0.15) is 6.61 Å². The number of aliphatic carboxylic acids is 1. The number of hydrogen-bond donors (Lipinski definition) is 2. The van der Waals surface area contributed by atoms with E-state index in [1.54, 1.807) is 13.8 Å². The molecule has 0 amide bonds. The summed E-state index contributed by atoms with van der Waals surface area (Å²) in [6, 6.07) is 11.5. The molecule has 1 aromatic carbocycles. The Bertz CT molecular complexity index is 845. The number of rotatable bonds is 7. The Labute approximate surface area is 158 Å². The van der Waals surface area contributed by atoms with Crippen LogP contribution in [0.1, 0.15) is 32.3 Å². The zero-order valence-corrected chi connectivity index (χ0v) is 15.4. The zero-order chi connectivity index (χ0) is 19.8. The Hall–Kier alpha value is -3.33. The number of carbonyl (C=O) groups excluding carboxylic acids is 1. The fourth-order valence-corrected chi connectivity index (χ4v) is 3.09. The lowest BCUT2D eigenvalue weighted by molar-refractivity contribution is -0.139. The monoisotopic (exact) mass is 366 g/mol. The number of nitrogens with one attached hydrogen (secondary N) is 1. The second kappa shape index (κ2) is 9.39. The second-order valence-corrected chi connectivity index (χ2v) is 6.15. The van der Waals surface area contributed by atoms with E-state index in [4.69, 9.17) is 10.00 Å². The zero-order valence-electron chi connectivity index (χ0n) is 15.4. The van der Waals surface area contributed by atoms with E-state index in [2.05, 4.69) is 5.32 Å². The van der Waals surface area contributed by atoms with Crippen molar-refractivity contribution in [3.05, 3.63) is 64.5 Å². The molecule has 1 atom stereocenters. The van der Waals surface area contributed by atoms with Crippen molar-refractivity contribution in [1.29, 1.82) is 5.26 Å². The number of hydrogen-bond acceptors (Lipinski definition) is 5. The Balaban J connectivity index is 2.30. The van der Waals surface area contributed by atoms with Crippen LogP contribution in [0.3, 0.4) is 0 Å². The predicted molar refractivity (Wildman–Crippen MR) is 101 cm³/mol. The maximum Gasteiger partial charge on any atom is 0.336 e. The number of nitrogens with zero attached hydrogens (tertiary/aromatic N) is 1. The number of dihydropyridines is 1. The van der Waals surface area contributed by atoms with Crippen molar-refractivity contribution in [3.63, 3.8) is 0 Å². The summed E-state index contributed by atoms with van der Waals surface area (Å²) in [6.45, 7) is 3.37. The maximum atomic E-state index is 12.5. The average molecular weight is 366 g/mol. The van der Waals surface area contributed by atoms with Crippen LogP contribution in [0.5, 0.6) is 0 Å². The summed E-state index contributed by atoms with van der Waals surface area (Å²) >= 11 is 0. The molecule has 27 heavy (non-hydrogen) atoms. The Morgan fingerprint density at radius 3 is 2.52 bits per heavy atom. The van der Waals surface area contributed by atoms with E-state index in [-0.39, 0.29) is 24.2 Å². The molecular weight excluding hydrogens is 344 g/mol. The van der Waals surface area contributed by atoms with Crippen LogP contribution < -0.4 is 5.32 Å². The summed E-state index contributed by atoms with van der Waals surface area (Å²) in [5, 5.41) is 21.2. The molecule has 0 saturated carbocycles. The van der Waals surface area contributed by atoms with Crippen LogP contribution in [0.15, 0.2) is 58.9 Å². The van der Waals surface area contributed by atoms with Gasteiger partial charge in [-0.15, -0.1) is 0 Å². The third-order valence-corrected chi connectivity index (χ3v) is 4.26. The van der Waals surface area contributed by atoms with Gasteiger partial charge in [0.15, 0.2) is 0 Å². The molecule has 1 heterocycles. The van der Waals surface area contributed by atoms with Gasteiger partial charge in [0.2, 0.25) is 0 Å². The third-order valence-electron chi connectivity index (χ3n) is 4.26. The van der Waals surface area contributed by atoms with E-state index in [9.17, 15) is 14.7 Å². The average Bonchev–Trinajstić information content (AvgIpc) is 2.62. The topological polar surface area (TPSA) is 99.4 Å². The first-order chi connectivity index (χ1) is 13.0. The van der Waals surface area contributed by atoms with Crippen LogP contribution in [-0.4, -0.2) is 23.7 Å². The van der Waals surface area contributed by atoms with Crippen LogP contribution >= 0.6 is 0 Å². The summed E-state index contributed by atoms with van der Waals surface area (Å²) in [7, 11) is 0. The number of allylic oxidation sites excluding steroid dienone is 3. The van der Waals surface area contributed by atoms with Gasteiger partial charge < -0.3 is 15.2 Å². The van der Waals surface area contributed by atoms with Gasteiger partial charge >= 0.3 is 11.9 Å². The largest absolute Gasteiger partial charge is 0.478 e. The lowest BCUT2D eigenvalue weighted by atomic mass is 9.83. The van der Waals surface area contributed by atoms with Crippen molar-refractivity contribution in [1.82, 2.24) is 5.32 Å². The summed E-state index contributed by atoms with van der Waals surface area (Å²) in [4.78, 5) is 24.3. The molecule has 6 heteroatoms. The fraction of sp³-hybridized carbons (Fsp3) is 0.286. The summed E-state index contributed by atoms with van der Waals surface area (Å²) < 4.78 is 5.15.